The van der Waals surface area contributed by atoms with Crippen molar-refractivity contribution in [3.63, 3.8) is 0 Å². The number of carbonyl (C=O) groups excluding carboxylic acids is 1. The van der Waals surface area contributed by atoms with Crippen LogP contribution in [0.2, 0.25) is 0 Å². The molecule has 0 radical (unpaired) electrons. The average molecular weight is 322 g/mol. The molecule has 122 valence electrons. The van der Waals surface area contributed by atoms with E-state index >= 15 is 0 Å². The second kappa shape index (κ2) is 7.84. The summed E-state index contributed by atoms with van der Waals surface area (Å²) in [6, 6.07) is 13.9. The number of benzene rings is 2. The summed E-state index contributed by atoms with van der Waals surface area (Å²) in [6.45, 7) is 4.13. The molecular formula is C19H18N2O3. The van der Waals surface area contributed by atoms with Crippen LogP contribution in [0.1, 0.15) is 18.1 Å². The first-order chi connectivity index (χ1) is 11.5. The normalized spacial score (nSPS) is 10.8. The van der Waals surface area contributed by atoms with Gasteiger partial charge in [0.15, 0.2) is 11.5 Å². The van der Waals surface area contributed by atoms with Crippen LogP contribution in [0, 0.1) is 18.3 Å². The van der Waals surface area contributed by atoms with Gasteiger partial charge in [0.1, 0.15) is 11.6 Å². The highest BCUT2D eigenvalue weighted by atomic mass is 16.5. The Morgan fingerprint density at radius 3 is 2.79 bits per heavy atom. The van der Waals surface area contributed by atoms with Crippen LogP contribution in [0.3, 0.4) is 0 Å². The summed E-state index contributed by atoms with van der Waals surface area (Å²) in [5.74, 6) is -0.173. The van der Waals surface area contributed by atoms with Crippen molar-refractivity contribution in [2.75, 3.05) is 11.9 Å². The van der Waals surface area contributed by atoms with Gasteiger partial charge in [-0.1, -0.05) is 18.2 Å². The van der Waals surface area contributed by atoms with Crippen LogP contribution >= 0.6 is 0 Å². The fraction of sp³-hybridized carbons (Fsp3) is 0.158. The number of aryl methyl sites for hydroxylation is 1. The molecule has 5 nitrogen and oxygen atoms in total. The van der Waals surface area contributed by atoms with E-state index in [1.54, 1.807) is 25.1 Å². The van der Waals surface area contributed by atoms with Gasteiger partial charge in [0.2, 0.25) is 0 Å². The molecule has 0 unspecified atom stereocenters. The number of hydrogen-bond donors (Lipinski definition) is 2. The van der Waals surface area contributed by atoms with Crippen molar-refractivity contribution in [1.29, 1.82) is 5.26 Å². The molecule has 0 aliphatic rings. The maximum Gasteiger partial charge on any atom is 0.266 e. The van der Waals surface area contributed by atoms with E-state index in [2.05, 4.69) is 5.32 Å². The number of anilines is 1. The van der Waals surface area contributed by atoms with E-state index in [1.807, 2.05) is 31.2 Å². The van der Waals surface area contributed by atoms with Crippen LogP contribution in [-0.2, 0) is 4.79 Å². The van der Waals surface area contributed by atoms with Gasteiger partial charge < -0.3 is 15.2 Å². The molecule has 0 saturated carbocycles. The molecule has 0 atom stereocenters. The van der Waals surface area contributed by atoms with E-state index < -0.39 is 5.91 Å². The largest absolute Gasteiger partial charge is 0.504 e. The third-order valence-electron chi connectivity index (χ3n) is 3.24. The number of nitrogens with zero attached hydrogens (tertiary/aromatic N) is 1. The van der Waals surface area contributed by atoms with E-state index in [0.717, 1.165) is 5.56 Å². The third-order valence-corrected chi connectivity index (χ3v) is 3.24. The molecule has 0 fully saturated rings. The third kappa shape index (κ3) is 4.37. The lowest BCUT2D eigenvalue weighted by Crippen LogP contribution is -2.13. The van der Waals surface area contributed by atoms with Crippen molar-refractivity contribution < 1.29 is 14.6 Å². The Morgan fingerprint density at radius 2 is 2.12 bits per heavy atom. The number of nitriles is 1. The van der Waals surface area contributed by atoms with Crippen LogP contribution < -0.4 is 10.1 Å². The number of phenols is 1. The highest BCUT2D eigenvalue weighted by molar-refractivity contribution is 6.09. The zero-order valence-corrected chi connectivity index (χ0v) is 13.5. The molecule has 1 amide bonds. The number of rotatable bonds is 5. The van der Waals surface area contributed by atoms with Crippen LogP contribution in [0.15, 0.2) is 48.0 Å². The summed E-state index contributed by atoms with van der Waals surface area (Å²) in [5.41, 5.74) is 2.19. The van der Waals surface area contributed by atoms with Crippen molar-refractivity contribution in [3.05, 3.63) is 59.2 Å². The number of ether oxygens (including phenoxy) is 1. The van der Waals surface area contributed by atoms with E-state index in [9.17, 15) is 15.2 Å². The number of phenolic OH excluding ortho intramolecular Hbond substituents is 1. The Bertz CT molecular complexity index is 820. The smallest absolute Gasteiger partial charge is 0.266 e. The predicted molar refractivity (Wildman–Crippen MR) is 92.7 cm³/mol. The van der Waals surface area contributed by atoms with Gasteiger partial charge >= 0.3 is 0 Å². The standard InChI is InChI=1S/C19H18N2O3/c1-3-24-18-11-14(7-8-17(18)22)10-15(12-20)19(23)21-16-6-4-5-13(2)9-16/h4-11,22H,3H2,1-2H3,(H,21,23)/b15-10+. The lowest BCUT2D eigenvalue weighted by molar-refractivity contribution is -0.112. The quantitative estimate of drug-likeness (QED) is 0.650. The SMILES string of the molecule is CCOc1cc(/C=C(\C#N)C(=O)Nc2cccc(C)c2)ccc1O. The zero-order chi connectivity index (χ0) is 17.5. The Kier molecular flexibility index (Phi) is 5.58. The van der Waals surface area contributed by atoms with Gasteiger partial charge in [0, 0.05) is 5.69 Å². The highest BCUT2D eigenvalue weighted by Gasteiger charge is 2.10. The number of nitrogens with one attached hydrogen (secondary N) is 1. The molecular weight excluding hydrogens is 304 g/mol. The van der Waals surface area contributed by atoms with Gasteiger partial charge in [-0.2, -0.15) is 5.26 Å². The first-order valence-corrected chi connectivity index (χ1v) is 7.49. The summed E-state index contributed by atoms with van der Waals surface area (Å²) in [7, 11) is 0. The minimum absolute atomic E-state index is 0.0109. The van der Waals surface area contributed by atoms with Gasteiger partial charge in [-0.05, 0) is 55.3 Å². The van der Waals surface area contributed by atoms with E-state index in [4.69, 9.17) is 4.74 Å². The average Bonchev–Trinajstić information content (AvgIpc) is 2.55. The Balaban J connectivity index is 2.24. The fourth-order valence-electron chi connectivity index (χ4n) is 2.13. The lowest BCUT2D eigenvalue weighted by Gasteiger charge is -2.07. The van der Waals surface area contributed by atoms with Gasteiger partial charge in [0.25, 0.3) is 5.91 Å². The molecule has 0 bridgehead atoms. The molecule has 2 rings (SSSR count). The fourth-order valence-corrected chi connectivity index (χ4v) is 2.13. The van der Waals surface area contributed by atoms with Gasteiger partial charge in [-0.15, -0.1) is 0 Å². The molecule has 0 spiro atoms. The van der Waals surface area contributed by atoms with E-state index in [-0.39, 0.29) is 11.3 Å². The van der Waals surface area contributed by atoms with Crippen LogP contribution in [-0.4, -0.2) is 17.6 Å². The van der Waals surface area contributed by atoms with Gasteiger partial charge in [-0.3, -0.25) is 4.79 Å². The highest BCUT2D eigenvalue weighted by Crippen LogP contribution is 2.27. The number of aromatic hydroxyl groups is 1. The Labute approximate surface area is 140 Å². The second-order valence-electron chi connectivity index (χ2n) is 5.15. The topological polar surface area (TPSA) is 82.3 Å². The second-order valence-corrected chi connectivity index (χ2v) is 5.15. The maximum absolute atomic E-state index is 12.3. The van der Waals surface area contributed by atoms with Crippen LogP contribution in [0.5, 0.6) is 11.5 Å². The number of amides is 1. The minimum atomic E-state index is -0.492. The lowest BCUT2D eigenvalue weighted by atomic mass is 10.1. The van der Waals surface area contributed by atoms with Crippen molar-refractivity contribution in [2.24, 2.45) is 0 Å². The summed E-state index contributed by atoms with van der Waals surface area (Å²) in [6.07, 6.45) is 1.45. The van der Waals surface area contributed by atoms with Crippen molar-refractivity contribution >= 4 is 17.7 Å². The molecule has 24 heavy (non-hydrogen) atoms. The van der Waals surface area contributed by atoms with Crippen molar-refractivity contribution in [1.82, 2.24) is 0 Å². The first kappa shape index (κ1) is 17.1. The minimum Gasteiger partial charge on any atom is -0.504 e. The molecule has 0 aromatic heterocycles. The molecule has 0 heterocycles. The predicted octanol–water partition coefficient (Wildman–Crippen LogP) is 3.65. The van der Waals surface area contributed by atoms with Crippen LogP contribution in [0.4, 0.5) is 5.69 Å². The monoisotopic (exact) mass is 322 g/mol. The molecule has 5 heteroatoms. The van der Waals surface area contributed by atoms with Gasteiger partial charge in [0.05, 0.1) is 6.61 Å². The van der Waals surface area contributed by atoms with Gasteiger partial charge in [-0.25, -0.2) is 0 Å². The molecule has 0 aliphatic carbocycles. The molecule has 2 aromatic carbocycles. The Morgan fingerprint density at radius 1 is 1.33 bits per heavy atom. The van der Waals surface area contributed by atoms with E-state index in [0.29, 0.717) is 23.6 Å². The summed E-state index contributed by atoms with van der Waals surface area (Å²) >= 11 is 0. The molecule has 2 N–H and O–H groups in total. The van der Waals surface area contributed by atoms with Crippen molar-refractivity contribution in [2.45, 2.75) is 13.8 Å². The maximum atomic E-state index is 12.3. The van der Waals surface area contributed by atoms with Crippen molar-refractivity contribution in [3.8, 4) is 17.6 Å². The molecule has 2 aromatic rings. The molecule has 0 saturated heterocycles. The zero-order valence-electron chi connectivity index (χ0n) is 13.5. The Hall–Kier alpha value is -3.26. The summed E-state index contributed by atoms with van der Waals surface area (Å²) in [4.78, 5) is 12.3. The molecule has 0 aliphatic heterocycles. The number of hydrogen-bond acceptors (Lipinski definition) is 4. The summed E-state index contributed by atoms with van der Waals surface area (Å²) in [5, 5.41) is 21.7. The number of carbonyl (C=O) groups is 1. The van der Waals surface area contributed by atoms with Crippen LogP contribution in [0.25, 0.3) is 6.08 Å². The van der Waals surface area contributed by atoms with E-state index in [1.165, 1.54) is 12.1 Å². The first-order valence-electron chi connectivity index (χ1n) is 7.49. The summed E-state index contributed by atoms with van der Waals surface area (Å²) < 4.78 is 5.30.